The van der Waals surface area contributed by atoms with Crippen LogP contribution in [0.3, 0.4) is 0 Å². The molecular weight excluding hydrogens is 492 g/mol. The Labute approximate surface area is 214 Å². The summed E-state index contributed by atoms with van der Waals surface area (Å²) in [6.07, 6.45) is 12.9. The Kier molecular flexibility index (Phi) is 5.91. The highest BCUT2D eigenvalue weighted by atomic mass is 32.2. The third-order valence-electron chi connectivity index (χ3n) is 6.52. The average Bonchev–Trinajstić information content (AvgIpc) is 3.56. The van der Waals surface area contributed by atoms with Gasteiger partial charge in [0.15, 0.2) is 34.9 Å². The van der Waals surface area contributed by atoms with Crippen molar-refractivity contribution in [3.05, 3.63) is 120 Å². The molecule has 8 nitrogen and oxygen atoms in total. The molecule has 2 aliphatic heterocycles. The normalized spacial score (nSPS) is 30.5. The Bertz CT molecular complexity index is 1360. The van der Waals surface area contributed by atoms with Crippen molar-refractivity contribution < 1.29 is 27.4 Å². The second-order valence-electron chi connectivity index (χ2n) is 8.84. The molecule has 2 aliphatic carbocycles. The number of hydrogen-bond acceptors (Lipinski definition) is 8. The van der Waals surface area contributed by atoms with Crippen molar-refractivity contribution >= 4 is 22.3 Å². The van der Waals surface area contributed by atoms with Crippen LogP contribution in [0.5, 0.6) is 0 Å². The second-order valence-corrected chi connectivity index (χ2v) is 11.1. The fraction of sp³-hybridized carbons (Fsp3) is 0.214. The maximum Gasteiger partial charge on any atom is 0.239 e. The number of ether oxygens (including phenoxy) is 4. The topological polar surface area (TPSA) is 95.8 Å². The predicted octanol–water partition coefficient (Wildman–Crippen LogP) is 3.69. The largest absolute Gasteiger partial charge is 0.466 e. The van der Waals surface area contributed by atoms with Crippen LogP contribution in [0.2, 0.25) is 0 Å². The van der Waals surface area contributed by atoms with Gasteiger partial charge in [0.2, 0.25) is 11.4 Å². The van der Waals surface area contributed by atoms with Gasteiger partial charge in [0.1, 0.15) is 10.5 Å². The maximum absolute atomic E-state index is 13.6. The summed E-state index contributed by atoms with van der Waals surface area (Å²) in [5, 5.41) is -1.86. The summed E-state index contributed by atoms with van der Waals surface area (Å²) in [4.78, 5) is 9.15. The molecule has 2 fully saturated rings. The molecule has 2 saturated heterocycles. The highest BCUT2D eigenvalue weighted by Gasteiger charge is 2.47. The van der Waals surface area contributed by atoms with Crippen LogP contribution in [0.1, 0.15) is 11.1 Å². The average molecular weight is 517 g/mol. The lowest BCUT2D eigenvalue weighted by Gasteiger charge is -2.28. The van der Waals surface area contributed by atoms with E-state index in [4.69, 9.17) is 18.9 Å². The van der Waals surface area contributed by atoms with Gasteiger partial charge in [0.05, 0.1) is 0 Å². The molecule has 0 aromatic heterocycles. The van der Waals surface area contributed by atoms with Gasteiger partial charge in [-0.05, 0) is 35.4 Å². The molecule has 4 unspecified atom stereocenters. The summed E-state index contributed by atoms with van der Waals surface area (Å²) in [5.41, 5.74) is -0.559. The second kappa shape index (κ2) is 9.26. The zero-order valence-corrected chi connectivity index (χ0v) is 20.5. The van der Waals surface area contributed by atoms with Crippen molar-refractivity contribution in [2.45, 2.75) is 21.9 Å². The number of aliphatic imine (C=N–C) groups is 2. The molecule has 2 aromatic rings. The van der Waals surface area contributed by atoms with E-state index < -0.39 is 31.8 Å². The molecular formula is C28H24N2O6S. The summed E-state index contributed by atoms with van der Waals surface area (Å²) < 4.78 is 50.0. The van der Waals surface area contributed by atoms with Crippen molar-refractivity contribution in [2.75, 3.05) is 13.6 Å². The van der Waals surface area contributed by atoms with Crippen molar-refractivity contribution in [3.8, 4) is 0 Å². The molecule has 2 heterocycles. The van der Waals surface area contributed by atoms with E-state index in [0.29, 0.717) is 11.5 Å². The first-order chi connectivity index (χ1) is 18.0. The third kappa shape index (κ3) is 4.35. The quantitative estimate of drug-likeness (QED) is 0.429. The third-order valence-corrected chi connectivity index (χ3v) is 8.62. The molecule has 0 saturated carbocycles. The van der Waals surface area contributed by atoms with E-state index in [9.17, 15) is 8.42 Å². The van der Waals surface area contributed by atoms with Gasteiger partial charge < -0.3 is 18.9 Å². The predicted molar refractivity (Wildman–Crippen MR) is 139 cm³/mol. The molecule has 37 heavy (non-hydrogen) atoms. The van der Waals surface area contributed by atoms with Crippen LogP contribution in [0.15, 0.2) is 119 Å². The van der Waals surface area contributed by atoms with E-state index in [1.54, 1.807) is 48.9 Å². The van der Waals surface area contributed by atoms with Gasteiger partial charge in [-0.15, -0.1) is 0 Å². The van der Waals surface area contributed by atoms with E-state index in [-0.39, 0.29) is 13.6 Å². The maximum atomic E-state index is 13.6. The van der Waals surface area contributed by atoms with Gasteiger partial charge in [-0.25, -0.2) is 18.4 Å². The number of rotatable bonds is 6. The molecule has 0 N–H and O–H groups in total. The summed E-state index contributed by atoms with van der Waals surface area (Å²) in [6.45, 7) is -0.0366. The molecule has 6 rings (SSSR count). The zero-order chi connectivity index (χ0) is 25.3. The molecule has 4 atom stereocenters. The molecule has 0 amide bonds. The van der Waals surface area contributed by atoms with Gasteiger partial charge in [0, 0.05) is 12.4 Å². The molecule has 0 radical (unpaired) electrons. The van der Waals surface area contributed by atoms with Crippen LogP contribution in [-0.2, 0) is 28.8 Å². The Balaban J connectivity index is 1.24. The lowest BCUT2D eigenvalue weighted by Crippen LogP contribution is -2.37. The number of sulfone groups is 1. The first kappa shape index (κ1) is 23.6. The van der Waals surface area contributed by atoms with E-state index in [1.165, 1.54) is 0 Å². The summed E-state index contributed by atoms with van der Waals surface area (Å²) in [7, 11) is -3.75. The van der Waals surface area contributed by atoms with Gasteiger partial charge in [-0.3, -0.25) is 0 Å². The Morgan fingerprint density at radius 2 is 1.14 bits per heavy atom. The Morgan fingerprint density at radius 3 is 1.57 bits per heavy atom. The van der Waals surface area contributed by atoms with Crippen molar-refractivity contribution in [1.29, 1.82) is 0 Å². The standard InChI is InChI=1S/C28H24N2O6S/c31-37(32,23-11-13-27(25(15-23)33-19-35-27)29-17-21-7-3-1-4-8-21)24-12-14-28(26(16-24)34-20-36-28)30-18-22-9-5-2-6-10-22/h1-18,23-24H,19-20H2/b29-17+,30-18+. The van der Waals surface area contributed by atoms with E-state index in [1.807, 2.05) is 60.7 Å². The summed E-state index contributed by atoms with van der Waals surface area (Å²) >= 11 is 0. The highest BCUT2D eigenvalue weighted by Crippen LogP contribution is 2.40. The fourth-order valence-electron chi connectivity index (χ4n) is 4.47. The molecule has 188 valence electrons. The van der Waals surface area contributed by atoms with E-state index in [2.05, 4.69) is 9.98 Å². The lowest BCUT2D eigenvalue weighted by molar-refractivity contribution is 0.0213. The first-order valence-electron chi connectivity index (χ1n) is 11.8. The Hall–Kier alpha value is -3.79. The monoisotopic (exact) mass is 516 g/mol. The van der Waals surface area contributed by atoms with E-state index >= 15 is 0 Å². The fourth-order valence-corrected chi connectivity index (χ4v) is 6.05. The minimum Gasteiger partial charge on any atom is -0.466 e. The van der Waals surface area contributed by atoms with Crippen LogP contribution in [-0.4, -0.2) is 56.4 Å². The number of benzene rings is 2. The number of hydrogen-bond donors (Lipinski definition) is 0. The minimum atomic E-state index is -3.75. The van der Waals surface area contributed by atoms with Crippen molar-refractivity contribution in [1.82, 2.24) is 0 Å². The summed E-state index contributed by atoms with van der Waals surface area (Å²) in [6, 6.07) is 19.2. The smallest absolute Gasteiger partial charge is 0.239 e. The summed E-state index contributed by atoms with van der Waals surface area (Å²) in [5.74, 6) is 0.705. The number of nitrogens with zero attached hydrogens (tertiary/aromatic N) is 2. The first-order valence-corrected chi connectivity index (χ1v) is 13.4. The van der Waals surface area contributed by atoms with Crippen LogP contribution in [0.25, 0.3) is 0 Å². The van der Waals surface area contributed by atoms with Crippen LogP contribution in [0.4, 0.5) is 0 Å². The molecule has 2 aromatic carbocycles. The molecule has 4 aliphatic rings. The lowest BCUT2D eigenvalue weighted by atomic mass is 10.0. The van der Waals surface area contributed by atoms with Crippen molar-refractivity contribution in [3.63, 3.8) is 0 Å². The van der Waals surface area contributed by atoms with Gasteiger partial charge in [-0.1, -0.05) is 72.8 Å². The van der Waals surface area contributed by atoms with Gasteiger partial charge >= 0.3 is 0 Å². The molecule has 9 heteroatoms. The Morgan fingerprint density at radius 1 is 0.703 bits per heavy atom. The van der Waals surface area contributed by atoms with Crippen molar-refractivity contribution in [2.24, 2.45) is 9.98 Å². The minimum absolute atomic E-state index is 0.0183. The van der Waals surface area contributed by atoms with E-state index in [0.717, 1.165) is 11.1 Å². The van der Waals surface area contributed by atoms with Gasteiger partial charge in [0.25, 0.3) is 0 Å². The van der Waals surface area contributed by atoms with Crippen LogP contribution in [0, 0.1) is 0 Å². The van der Waals surface area contributed by atoms with Gasteiger partial charge in [-0.2, -0.15) is 0 Å². The van der Waals surface area contributed by atoms with Crippen LogP contribution < -0.4 is 0 Å². The highest BCUT2D eigenvalue weighted by molar-refractivity contribution is 7.93. The molecule has 0 bridgehead atoms. The number of fused-ring (bicyclic) bond motifs is 2. The molecule has 0 spiro atoms. The van der Waals surface area contributed by atoms with Crippen LogP contribution >= 0.6 is 0 Å². The SMILES string of the molecule is O=S(=O)(C1C=CC2(/N=C/c3ccccc3)OCOC2=C1)C1C=CC2(/N=C/c3ccccc3)OCOC2=C1. The zero-order valence-electron chi connectivity index (χ0n) is 19.7.